The second kappa shape index (κ2) is 8.92. The van der Waals surface area contributed by atoms with Gasteiger partial charge in [-0.1, -0.05) is 0 Å². The average Bonchev–Trinajstić information content (AvgIpc) is 3.23. The minimum atomic E-state index is -0.568. The van der Waals surface area contributed by atoms with Crippen LogP contribution in [0.5, 0.6) is 0 Å². The molecule has 5 rings (SSSR count). The van der Waals surface area contributed by atoms with Crippen molar-refractivity contribution in [2.45, 2.75) is 45.8 Å². The lowest BCUT2D eigenvalue weighted by atomic mass is 10.00. The molecule has 2 aliphatic rings. The summed E-state index contributed by atoms with van der Waals surface area (Å²) in [7, 11) is 0. The second-order valence-electron chi connectivity index (χ2n) is 9.60. The van der Waals surface area contributed by atoms with Crippen LogP contribution in [-0.4, -0.2) is 45.6 Å². The number of carbonyl (C=O) groups excluding carboxylic acids is 2. The van der Waals surface area contributed by atoms with E-state index in [-0.39, 0.29) is 17.8 Å². The molecule has 0 unspecified atom stereocenters. The van der Waals surface area contributed by atoms with Crippen molar-refractivity contribution in [1.82, 2.24) is 20.2 Å². The number of anilines is 2. The van der Waals surface area contributed by atoms with Gasteiger partial charge in [0, 0.05) is 29.2 Å². The van der Waals surface area contributed by atoms with E-state index in [1.54, 1.807) is 28.4 Å². The van der Waals surface area contributed by atoms with Gasteiger partial charge >= 0.3 is 6.09 Å². The standard InChI is InChI=1S/C25H26FN5O3S/c1-25(2,3)34-24(33)31-9-7-19-15(13-31)11-20(35-19)22-28-12-18(26)21(30-22)29-16-4-5-17-14(10-16)6-8-27-23(17)32/h4-5,10-12H,6-9,13H2,1-3H3,(H,27,32)(H,28,29,30). The number of carbonyl (C=O) groups is 2. The predicted molar refractivity (Wildman–Crippen MR) is 131 cm³/mol. The van der Waals surface area contributed by atoms with Gasteiger partial charge in [0.1, 0.15) is 5.60 Å². The summed E-state index contributed by atoms with van der Waals surface area (Å²) in [6, 6.07) is 7.28. The summed E-state index contributed by atoms with van der Waals surface area (Å²) < 4.78 is 20.1. The van der Waals surface area contributed by atoms with E-state index in [1.165, 1.54) is 0 Å². The lowest BCUT2D eigenvalue weighted by molar-refractivity contribution is 0.0225. The molecule has 1 aromatic carbocycles. The monoisotopic (exact) mass is 495 g/mol. The summed E-state index contributed by atoms with van der Waals surface area (Å²) >= 11 is 1.56. The van der Waals surface area contributed by atoms with E-state index in [2.05, 4.69) is 20.6 Å². The number of halogens is 1. The summed E-state index contributed by atoms with van der Waals surface area (Å²) in [4.78, 5) is 36.8. The number of nitrogens with zero attached hydrogens (tertiary/aromatic N) is 3. The van der Waals surface area contributed by atoms with Gasteiger partial charge in [0.25, 0.3) is 5.91 Å². The normalized spacial score (nSPS) is 15.2. The highest BCUT2D eigenvalue weighted by Gasteiger charge is 2.27. The summed E-state index contributed by atoms with van der Waals surface area (Å²) in [6.45, 7) is 7.16. The minimum Gasteiger partial charge on any atom is -0.444 e. The Morgan fingerprint density at radius 1 is 1.23 bits per heavy atom. The van der Waals surface area contributed by atoms with Crippen LogP contribution in [0.3, 0.4) is 0 Å². The highest BCUT2D eigenvalue weighted by molar-refractivity contribution is 7.15. The topological polar surface area (TPSA) is 96.5 Å². The van der Waals surface area contributed by atoms with E-state index in [4.69, 9.17) is 4.74 Å². The third-order valence-corrected chi connectivity index (χ3v) is 7.01. The number of hydrogen-bond donors (Lipinski definition) is 2. The molecule has 0 bridgehead atoms. The van der Waals surface area contributed by atoms with Crippen molar-refractivity contribution < 1.29 is 18.7 Å². The third-order valence-electron chi connectivity index (χ3n) is 5.78. The molecule has 2 N–H and O–H groups in total. The number of aromatic nitrogens is 2. The molecule has 3 aromatic rings. The molecule has 2 aliphatic heterocycles. The van der Waals surface area contributed by atoms with Crippen LogP contribution in [0.2, 0.25) is 0 Å². The average molecular weight is 496 g/mol. The van der Waals surface area contributed by atoms with Crippen LogP contribution >= 0.6 is 11.3 Å². The van der Waals surface area contributed by atoms with Gasteiger partial charge in [0.15, 0.2) is 17.5 Å². The lowest BCUT2D eigenvalue weighted by Crippen LogP contribution is -2.39. The van der Waals surface area contributed by atoms with E-state index in [0.717, 1.165) is 33.5 Å². The first-order chi connectivity index (χ1) is 16.7. The maximum atomic E-state index is 14.6. The van der Waals surface area contributed by atoms with Crippen molar-refractivity contribution in [3.05, 3.63) is 57.8 Å². The molecule has 2 amide bonds. The van der Waals surface area contributed by atoms with Crippen molar-refractivity contribution in [2.24, 2.45) is 0 Å². The largest absolute Gasteiger partial charge is 0.444 e. The summed E-state index contributed by atoms with van der Waals surface area (Å²) in [5.74, 6) is -0.187. The number of nitrogens with one attached hydrogen (secondary N) is 2. The van der Waals surface area contributed by atoms with E-state index < -0.39 is 11.4 Å². The Kier molecular flexibility index (Phi) is 5.92. The van der Waals surface area contributed by atoms with Crippen molar-refractivity contribution in [3.8, 4) is 10.7 Å². The molecule has 0 aliphatic carbocycles. The number of thiophene rings is 1. The van der Waals surface area contributed by atoms with E-state index in [0.29, 0.717) is 43.1 Å². The van der Waals surface area contributed by atoms with Crippen LogP contribution in [0.1, 0.15) is 47.1 Å². The Morgan fingerprint density at radius 3 is 2.86 bits per heavy atom. The predicted octanol–water partition coefficient (Wildman–Crippen LogP) is 4.67. The van der Waals surface area contributed by atoms with Crippen LogP contribution < -0.4 is 10.6 Å². The third kappa shape index (κ3) is 4.97. The molecule has 4 heterocycles. The van der Waals surface area contributed by atoms with Crippen molar-refractivity contribution in [3.63, 3.8) is 0 Å². The molecule has 0 fully saturated rings. The van der Waals surface area contributed by atoms with Crippen molar-refractivity contribution in [2.75, 3.05) is 18.4 Å². The maximum absolute atomic E-state index is 14.6. The van der Waals surface area contributed by atoms with Crippen LogP contribution in [0.25, 0.3) is 10.7 Å². The first-order valence-electron chi connectivity index (χ1n) is 11.5. The molecule has 10 heteroatoms. The van der Waals surface area contributed by atoms with Crippen LogP contribution in [0.15, 0.2) is 30.5 Å². The molecule has 0 atom stereocenters. The number of ether oxygens (including phenoxy) is 1. The number of fused-ring (bicyclic) bond motifs is 2. The maximum Gasteiger partial charge on any atom is 0.410 e. The van der Waals surface area contributed by atoms with Gasteiger partial charge in [-0.05, 0) is 69.0 Å². The molecule has 0 saturated carbocycles. The molecule has 182 valence electrons. The smallest absolute Gasteiger partial charge is 0.410 e. The first kappa shape index (κ1) is 23.2. The van der Waals surface area contributed by atoms with Gasteiger partial charge in [-0.25, -0.2) is 19.2 Å². The molecule has 0 spiro atoms. The Bertz CT molecular complexity index is 1320. The second-order valence-corrected chi connectivity index (χ2v) is 10.7. The van der Waals surface area contributed by atoms with E-state index >= 15 is 0 Å². The van der Waals surface area contributed by atoms with Crippen LogP contribution in [0, 0.1) is 5.82 Å². The summed E-state index contributed by atoms with van der Waals surface area (Å²) in [5.41, 5.74) is 2.68. The fourth-order valence-electron chi connectivity index (χ4n) is 4.14. The Labute approximate surface area is 206 Å². The fourth-order valence-corrected chi connectivity index (χ4v) is 5.25. The summed E-state index contributed by atoms with van der Waals surface area (Å²) in [6.07, 6.45) is 2.26. The van der Waals surface area contributed by atoms with E-state index in [9.17, 15) is 14.0 Å². The zero-order valence-electron chi connectivity index (χ0n) is 19.8. The van der Waals surface area contributed by atoms with Gasteiger partial charge < -0.3 is 20.3 Å². The zero-order valence-corrected chi connectivity index (χ0v) is 20.6. The molecular formula is C25H26FN5O3S. The van der Waals surface area contributed by atoms with Crippen molar-refractivity contribution in [1.29, 1.82) is 0 Å². The van der Waals surface area contributed by atoms with Gasteiger partial charge in [0.2, 0.25) is 0 Å². The first-order valence-corrected chi connectivity index (χ1v) is 12.3. The van der Waals surface area contributed by atoms with E-state index in [1.807, 2.05) is 32.9 Å². The Hall–Kier alpha value is -3.53. The Balaban J connectivity index is 1.35. The highest BCUT2D eigenvalue weighted by atomic mass is 32.1. The minimum absolute atomic E-state index is 0.0666. The molecule has 0 radical (unpaired) electrons. The SMILES string of the molecule is CC(C)(C)OC(=O)N1CCc2sc(-c3ncc(F)c(Nc4ccc5c(c4)CCNC5=O)n3)cc2C1. The van der Waals surface area contributed by atoms with Gasteiger partial charge in [0.05, 0.1) is 17.6 Å². The molecule has 8 nitrogen and oxygen atoms in total. The zero-order chi connectivity index (χ0) is 24.7. The van der Waals surface area contributed by atoms with Gasteiger partial charge in [-0.15, -0.1) is 11.3 Å². The van der Waals surface area contributed by atoms with Gasteiger partial charge in [-0.2, -0.15) is 0 Å². The number of amides is 2. The van der Waals surface area contributed by atoms with Crippen LogP contribution in [-0.2, 0) is 24.1 Å². The van der Waals surface area contributed by atoms with Crippen LogP contribution in [0.4, 0.5) is 20.7 Å². The molecular weight excluding hydrogens is 469 g/mol. The highest BCUT2D eigenvalue weighted by Crippen LogP contribution is 2.34. The van der Waals surface area contributed by atoms with Crippen molar-refractivity contribution >= 4 is 34.8 Å². The number of hydrogen-bond acceptors (Lipinski definition) is 7. The molecule has 35 heavy (non-hydrogen) atoms. The number of rotatable bonds is 3. The number of benzene rings is 1. The molecule has 2 aromatic heterocycles. The quantitative estimate of drug-likeness (QED) is 0.548. The lowest BCUT2D eigenvalue weighted by Gasteiger charge is -2.29. The van der Waals surface area contributed by atoms with Gasteiger partial charge in [-0.3, -0.25) is 4.79 Å². The Morgan fingerprint density at radius 2 is 2.06 bits per heavy atom. The summed E-state index contributed by atoms with van der Waals surface area (Å²) in [5, 5.41) is 5.84. The molecule has 0 saturated heterocycles. The fraction of sp³-hybridized carbons (Fsp3) is 0.360.